The van der Waals surface area contributed by atoms with Crippen molar-refractivity contribution in [1.82, 2.24) is 15.2 Å². The first-order chi connectivity index (χ1) is 10.2. The third kappa shape index (κ3) is 4.23. The first-order valence-corrected chi connectivity index (χ1v) is 7.72. The topological polar surface area (TPSA) is 41.3 Å². The Morgan fingerprint density at radius 3 is 2.86 bits per heavy atom. The highest BCUT2D eigenvalue weighted by Crippen LogP contribution is 2.22. The summed E-state index contributed by atoms with van der Waals surface area (Å²) in [6.07, 6.45) is 4.24. The second-order valence-corrected chi connectivity index (χ2v) is 5.95. The van der Waals surface area contributed by atoms with Crippen molar-refractivity contribution in [3.63, 3.8) is 0 Å². The summed E-state index contributed by atoms with van der Waals surface area (Å²) < 4.78 is 5.59. The minimum Gasteiger partial charge on any atom is -0.444 e. The fourth-order valence-electron chi connectivity index (χ4n) is 2.77. The molecule has 3 rings (SSSR count). The van der Waals surface area contributed by atoms with E-state index in [-0.39, 0.29) is 12.4 Å². The molecule has 2 heterocycles. The normalized spacial score (nSPS) is 18.9. The van der Waals surface area contributed by atoms with E-state index < -0.39 is 0 Å². The van der Waals surface area contributed by atoms with Gasteiger partial charge in [-0.2, -0.15) is 0 Å². The molecule has 1 aliphatic heterocycles. The van der Waals surface area contributed by atoms with Gasteiger partial charge in [-0.15, -0.1) is 12.4 Å². The molecule has 6 heteroatoms. The highest BCUT2D eigenvalue weighted by atomic mass is 35.5. The zero-order valence-electron chi connectivity index (χ0n) is 12.6. The van der Waals surface area contributed by atoms with Gasteiger partial charge >= 0.3 is 0 Å². The Morgan fingerprint density at radius 1 is 1.36 bits per heavy atom. The molecular formula is C16H21Cl2N3O. The molecule has 0 bridgehead atoms. The highest BCUT2D eigenvalue weighted by Gasteiger charge is 2.19. The molecule has 1 aliphatic rings. The van der Waals surface area contributed by atoms with E-state index in [1.54, 1.807) is 6.26 Å². The van der Waals surface area contributed by atoms with Crippen LogP contribution in [0.15, 0.2) is 34.9 Å². The van der Waals surface area contributed by atoms with Crippen molar-refractivity contribution in [2.45, 2.75) is 25.4 Å². The highest BCUT2D eigenvalue weighted by molar-refractivity contribution is 6.30. The number of nitrogens with one attached hydrogen (secondary N) is 1. The van der Waals surface area contributed by atoms with E-state index in [9.17, 15) is 0 Å². The van der Waals surface area contributed by atoms with Gasteiger partial charge in [0.15, 0.2) is 0 Å². The number of rotatable bonds is 4. The number of benzene rings is 1. The lowest BCUT2D eigenvalue weighted by Gasteiger charge is -2.31. The minimum atomic E-state index is 0. The molecule has 0 saturated carbocycles. The molecule has 1 fully saturated rings. The molecule has 0 aliphatic carbocycles. The van der Waals surface area contributed by atoms with E-state index in [4.69, 9.17) is 16.0 Å². The lowest BCUT2D eigenvalue weighted by Crippen LogP contribution is -2.43. The quantitative estimate of drug-likeness (QED) is 0.922. The van der Waals surface area contributed by atoms with E-state index in [1.165, 1.54) is 12.8 Å². The van der Waals surface area contributed by atoms with Gasteiger partial charge in [0, 0.05) is 29.7 Å². The number of likely N-dealkylation sites (tertiary alicyclic amines) is 1. The predicted molar refractivity (Wildman–Crippen MR) is 91.6 cm³/mol. The van der Waals surface area contributed by atoms with E-state index in [0.29, 0.717) is 11.9 Å². The van der Waals surface area contributed by atoms with Crippen molar-refractivity contribution in [2.24, 2.45) is 0 Å². The number of piperidine rings is 1. The zero-order chi connectivity index (χ0) is 14.7. The number of aromatic nitrogens is 1. The van der Waals surface area contributed by atoms with Gasteiger partial charge in [0.1, 0.15) is 6.26 Å². The Labute approximate surface area is 142 Å². The molecule has 1 unspecified atom stereocenters. The van der Waals surface area contributed by atoms with Crippen molar-refractivity contribution in [3.8, 4) is 11.5 Å². The maximum Gasteiger partial charge on any atom is 0.226 e. The van der Waals surface area contributed by atoms with Crippen LogP contribution >= 0.6 is 24.0 Å². The van der Waals surface area contributed by atoms with Gasteiger partial charge in [-0.1, -0.05) is 11.6 Å². The number of hydrogen-bond acceptors (Lipinski definition) is 4. The lowest BCUT2D eigenvalue weighted by molar-refractivity contribution is 0.186. The molecule has 2 aromatic rings. The fourth-order valence-corrected chi connectivity index (χ4v) is 2.89. The van der Waals surface area contributed by atoms with Crippen LogP contribution < -0.4 is 5.32 Å². The lowest BCUT2D eigenvalue weighted by atomic mass is 10.1. The Morgan fingerprint density at radius 2 is 2.14 bits per heavy atom. The summed E-state index contributed by atoms with van der Waals surface area (Å²) in [4.78, 5) is 7.01. The molecule has 0 radical (unpaired) electrons. The Hall–Kier alpha value is -1.07. The molecule has 1 saturated heterocycles. The van der Waals surface area contributed by atoms with Gasteiger partial charge < -0.3 is 9.73 Å². The minimum absolute atomic E-state index is 0. The first kappa shape index (κ1) is 17.3. The summed E-state index contributed by atoms with van der Waals surface area (Å²) in [5.41, 5.74) is 1.94. The molecule has 22 heavy (non-hydrogen) atoms. The zero-order valence-corrected chi connectivity index (χ0v) is 14.2. The molecule has 120 valence electrons. The van der Waals surface area contributed by atoms with E-state index in [0.717, 1.165) is 35.9 Å². The van der Waals surface area contributed by atoms with Crippen molar-refractivity contribution < 1.29 is 4.42 Å². The van der Waals surface area contributed by atoms with Crippen LogP contribution in [-0.4, -0.2) is 36.1 Å². The summed E-state index contributed by atoms with van der Waals surface area (Å²) in [7, 11) is 2.03. The molecule has 0 amide bonds. The molecule has 0 spiro atoms. The van der Waals surface area contributed by atoms with E-state index >= 15 is 0 Å². The number of hydrogen-bond donors (Lipinski definition) is 1. The SMILES string of the molecule is CNC1CCCN(Cc2coc(-c3ccc(Cl)cc3)n2)C1.Cl. The van der Waals surface area contributed by atoms with Gasteiger partial charge in [0.05, 0.1) is 5.69 Å². The second-order valence-electron chi connectivity index (χ2n) is 5.51. The third-order valence-corrected chi connectivity index (χ3v) is 4.19. The predicted octanol–water partition coefficient (Wildman–Crippen LogP) is 3.60. The van der Waals surface area contributed by atoms with Crippen molar-refractivity contribution >= 4 is 24.0 Å². The van der Waals surface area contributed by atoms with Gasteiger partial charge in [-0.05, 0) is 50.7 Å². The smallest absolute Gasteiger partial charge is 0.226 e. The van der Waals surface area contributed by atoms with Crippen molar-refractivity contribution in [3.05, 3.63) is 41.2 Å². The number of halogens is 2. The first-order valence-electron chi connectivity index (χ1n) is 7.34. The fraction of sp³-hybridized carbons (Fsp3) is 0.438. The Kier molecular flexibility index (Phi) is 6.26. The molecule has 1 N–H and O–H groups in total. The van der Waals surface area contributed by atoms with Crippen LogP contribution in [0.5, 0.6) is 0 Å². The van der Waals surface area contributed by atoms with Crippen LogP contribution in [0.4, 0.5) is 0 Å². The average molecular weight is 342 g/mol. The van der Waals surface area contributed by atoms with Crippen molar-refractivity contribution in [2.75, 3.05) is 20.1 Å². The monoisotopic (exact) mass is 341 g/mol. The van der Waals surface area contributed by atoms with Crippen LogP contribution in [0, 0.1) is 0 Å². The van der Waals surface area contributed by atoms with Gasteiger partial charge in [-0.3, -0.25) is 4.90 Å². The maximum absolute atomic E-state index is 5.90. The summed E-state index contributed by atoms with van der Waals surface area (Å²) in [6.45, 7) is 3.04. The van der Waals surface area contributed by atoms with Gasteiger partial charge in [0.25, 0.3) is 0 Å². The second kappa shape index (κ2) is 7.97. The average Bonchev–Trinajstić information content (AvgIpc) is 2.96. The molecule has 1 aromatic heterocycles. The van der Waals surface area contributed by atoms with Crippen LogP contribution in [0.25, 0.3) is 11.5 Å². The molecule has 1 aromatic carbocycles. The van der Waals surface area contributed by atoms with Crippen LogP contribution in [-0.2, 0) is 6.54 Å². The third-order valence-electron chi connectivity index (χ3n) is 3.94. The standard InChI is InChI=1S/C16H20ClN3O.ClH/c1-18-14-3-2-8-20(9-14)10-15-11-21-16(19-15)12-4-6-13(17)7-5-12;/h4-7,11,14,18H,2-3,8-10H2,1H3;1H. The number of nitrogens with zero attached hydrogens (tertiary/aromatic N) is 2. The Bertz CT molecular complexity index is 585. The van der Waals surface area contributed by atoms with Crippen molar-refractivity contribution in [1.29, 1.82) is 0 Å². The van der Waals surface area contributed by atoms with Crippen LogP contribution in [0.3, 0.4) is 0 Å². The Balaban J connectivity index is 0.00000176. The van der Waals surface area contributed by atoms with Crippen LogP contribution in [0.1, 0.15) is 18.5 Å². The summed E-state index contributed by atoms with van der Waals surface area (Å²) in [5, 5.41) is 4.08. The van der Waals surface area contributed by atoms with E-state index in [2.05, 4.69) is 15.2 Å². The van der Waals surface area contributed by atoms with Crippen LogP contribution in [0.2, 0.25) is 5.02 Å². The molecule has 4 nitrogen and oxygen atoms in total. The van der Waals surface area contributed by atoms with Gasteiger partial charge in [0.2, 0.25) is 5.89 Å². The van der Waals surface area contributed by atoms with Gasteiger partial charge in [-0.25, -0.2) is 4.98 Å². The summed E-state index contributed by atoms with van der Waals surface area (Å²) in [6, 6.07) is 8.14. The maximum atomic E-state index is 5.90. The number of oxazole rings is 1. The number of likely N-dealkylation sites (N-methyl/N-ethyl adjacent to an activating group) is 1. The largest absolute Gasteiger partial charge is 0.444 e. The van der Waals surface area contributed by atoms with E-state index in [1.807, 2.05) is 31.3 Å². The summed E-state index contributed by atoms with van der Waals surface area (Å²) in [5.74, 6) is 0.656. The molecule has 1 atom stereocenters. The molecular weight excluding hydrogens is 321 g/mol. The summed E-state index contributed by atoms with van der Waals surface area (Å²) >= 11 is 5.90.